The lowest BCUT2D eigenvalue weighted by Crippen LogP contribution is -2.47. The number of nitrogens with two attached hydrogens (primary N) is 1. The van der Waals surface area contributed by atoms with Gasteiger partial charge in [-0.15, -0.1) is 0 Å². The molecule has 0 unspecified atom stereocenters. The standard InChI is InChI=1S/C22H23Cl2N5S/c1-15-21(30-18-6-2-5-17(23)20(18)24)27-13-19(28-15)29-10-7-22(14-25,8-11-29)16-4-3-9-26-12-16/h2-6,9,12-13H,7-8,10-11,14,25H2,1H3. The van der Waals surface area contributed by atoms with Crippen molar-refractivity contribution < 1.29 is 0 Å². The quantitative estimate of drug-likeness (QED) is 0.569. The molecule has 0 bridgehead atoms. The molecule has 1 aliphatic heterocycles. The van der Waals surface area contributed by atoms with Gasteiger partial charge >= 0.3 is 0 Å². The number of nitrogens with zero attached hydrogens (tertiary/aromatic N) is 4. The van der Waals surface area contributed by atoms with Crippen molar-refractivity contribution in [2.45, 2.75) is 35.1 Å². The van der Waals surface area contributed by atoms with Gasteiger partial charge in [0.05, 0.1) is 21.9 Å². The number of pyridine rings is 1. The fourth-order valence-corrected chi connectivity index (χ4v) is 5.15. The summed E-state index contributed by atoms with van der Waals surface area (Å²) in [5.74, 6) is 0.894. The van der Waals surface area contributed by atoms with Gasteiger partial charge in [-0.2, -0.15) is 0 Å². The van der Waals surface area contributed by atoms with Gasteiger partial charge in [-0.3, -0.25) is 4.98 Å². The highest BCUT2D eigenvalue weighted by Crippen LogP contribution is 2.38. The number of piperidine rings is 1. The summed E-state index contributed by atoms with van der Waals surface area (Å²) in [4.78, 5) is 16.9. The van der Waals surface area contributed by atoms with Crippen molar-refractivity contribution in [2.24, 2.45) is 5.73 Å². The zero-order chi connectivity index (χ0) is 21.1. The van der Waals surface area contributed by atoms with E-state index in [1.807, 2.05) is 37.5 Å². The van der Waals surface area contributed by atoms with Crippen LogP contribution >= 0.6 is 35.0 Å². The van der Waals surface area contributed by atoms with E-state index in [0.29, 0.717) is 16.6 Å². The number of hydrogen-bond acceptors (Lipinski definition) is 6. The van der Waals surface area contributed by atoms with E-state index in [1.54, 1.807) is 12.3 Å². The predicted octanol–water partition coefficient (Wildman–Crippen LogP) is 5.13. The minimum atomic E-state index is -0.0215. The summed E-state index contributed by atoms with van der Waals surface area (Å²) >= 11 is 13.9. The maximum atomic E-state index is 6.32. The molecule has 1 saturated heterocycles. The van der Waals surface area contributed by atoms with Crippen molar-refractivity contribution in [3.63, 3.8) is 0 Å². The van der Waals surface area contributed by atoms with Crippen LogP contribution in [0.3, 0.4) is 0 Å². The van der Waals surface area contributed by atoms with E-state index in [4.69, 9.17) is 33.9 Å². The van der Waals surface area contributed by atoms with Crippen molar-refractivity contribution in [2.75, 3.05) is 24.5 Å². The van der Waals surface area contributed by atoms with E-state index in [-0.39, 0.29) is 5.41 Å². The molecular formula is C22H23Cl2N5S. The highest BCUT2D eigenvalue weighted by molar-refractivity contribution is 7.99. The molecule has 0 radical (unpaired) electrons. The van der Waals surface area contributed by atoms with Gasteiger partial charge < -0.3 is 10.6 Å². The lowest BCUT2D eigenvalue weighted by Gasteiger charge is -2.41. The Morgan fingerprint density at radius 1 is 1.13 bits per heavy atom. The summed E-state index contributed by atoms with van der Waals surface area (Å²) in [5, 5.41) is 1.90. The average molecular weight is 460 g/mol. The predicted molar refractivity (Wildman–Crippen MR) is 124 cm³/mol. The Kier molecular flexibility index (Phi) is 6.48. The van der Waals surface area contributed by atoms with Crippen molar-refractivity contribution >= 4 is 40.8 Å². The van der Waals surface area contributed by atoms with Gasteiger partial charge in [0, 0.05) is 42.3 Å². The minimum absolute atomic E-state index is 0.0215. The van der Waals surface area contributed by atoms with E-state index in [0.717, 1.165) is 47.4 Å². The van der Waals surface area contributed by atoms with Gasteiger partial charge in [0.2, 0.25) is 0 Å². The molecule has 1 fully saturated rings. The second-order valence-electron chi connectivity index (χ2n) is 7.49. The maximum absolute atomic E-state index is 6.32. The molecular weight excluding hydrogens is 437 g/mol. The summed E-state index contributed by atoms with van der Waals surface area (Å²) in [7, 11) is 0. The molecule has 3 heterocycles. The fourth-order valence-electron chi connectivity index (χ4n) is 3.83. The molecule has 3 aromatic rings. The maximum Gasteiger partial charge on any atom is 0.147 e. The Hall–Kier alpha value is -1.86. The molecule has 5 nitrogen and oxygen atoms in total. The van der Waals surface area contributed by atoms with E-state index >= 15 is 0 Å². The second kappa shape index (κ2) is 9.10. The molecule has 0 aliphatic carbocycles. The van der Waals surface area contributed by atoms with Gasteiger partial charge in [-0.25, -0.2) is 9.97 Å². The van der Waals surface area contributed by atoms with Crippen molar-refractivity contribution in [3.8, 4) is 0 Å². The smallest absolute Gasteiger partial charge is 0.147 e. The van der Waals surface area contributed by atoms with Crippen LogP contribution in [0, 0.1) is 6.92 Å². The van der Waals surface area contributed by atoms with Crippen molar-refractivity contribution in [1.29, 1.82) is 0 Å². The average Bonchev–Trinajstić information content (AvgIpc) is 2.79. The summed E-state index contributed by atoms with van der Waals surface area (Å²) in [6.07, 6.45) is 7.51. The van der Waals surface area contributed by atoms with Crippen LogP contribution in [0.2, 0.25) is 10.0 Å². The first-order valence-electron chi connectivity index (χ1n) is 9.83. The van der Waals surface area contributed by atoms with Gasteiger partial charge in [-0.1, -0.05) is 47.1 Å². The zero-order valence-corrected chi connectivity index (χ0v) is 19.0. The number of halogens is 2. The van der Waals surface area contributed by atoms with Crippen LogP contribution < -0.4 is 10.6 Å². The minimum Gasteiger partial charge on any atom is -0.355 e. The summed E-state index contributed by atoms with van der Waals surface area (Å²) in [6.45, 7) is 4.36. The van der Waals surface area contributed by atoms with Crippen molar-refractivity contribution in [3.05, 3.63) is 70.2 Å². The van der Waals surface area contributed by atoms with Crippen LogP contribution in [0.4, 0.5) is 5.82 Å². The molecule has 0 saturated carbocycles. The Bertz CT molecular complexity index is 1020. The second-order valence-corrected chi connectivity index (χ2v) is 9.30. The first-order valence-corrected chi connectivity index (χ1v) is 11.4. The van der Waals surface area contributed by atoms with Gasteiger partial charge in [0.25, 0.3) is 0 Å². The number of anilines is 1. The molecule has 0 spiro atoms. The number of aromatic nitrogens is 3. The fraction of sp³-hybridized carbons (Fsp3) is 0.318. The van der Waals surface area contributed by atoms with Crippen LogP contribution in [0.1, 0.15) is 24.1 Å². The van der Waals surface area contributed by atoms with E-state index in [2.05, 4.69) is 20.9 Å². The third-order valence-corrected chi connectivity index (χ3v) is 7.81. The molecule has 2 N–H and O–H groups in total. The monoisotopic (exact) mass is 459 g/mol. The highest BCUT2D eigenvalue weighted by Gasteiger charge is 2.35. The zero-order valence-electron chi connectivity index (χ0n) is 16.7. The lowest BCUT2D eigenvalue weighted by molar-refractivity contribution is 0.338. The van der Waals surface area contributed by atoms with Crippen LogP contribution in [0.15, 0.2) is 58.8 Å². The Balaban J connectivity index is 1.48. The molecule has 8 heteroatoms. The van der Waals surface area contributed by atoms with Crippen LogP contribution in [-0.2, 0) is 5.41 Å². The summed E-state index contributed by atoms with van der Waals surface area (Å²) in [5.41, 5.74) is 8.27. The lowest BCUT2D eigenvalue weighted by atomic mass is 9.73. The molecule has 1 aliphatic rings. The third kappa shape index (κ3) is 4.28. The normalized spacial score (nSPS) is 15.9. The first-order chi connectivity index (χ1) is 14.5. The number of benzene rings is 1. The van der Waals surface area contributed by atoms with Crippen LogP contribution in [0.5, 0.6) is 0 Å². The highest BCUT2D eigenvalue weighted by atomic mass is 35.5. The molecule has 156 valence electrons. The summed E-state index contributed by atoms with van der Waals surface area (Å²) in [6, 6.07) is 9.71. The van der Waals surface area contributed by atoms with E-state index in [9.17, 15) is 0 Å². The molecule has 0 atom stereocenters. The largest absolute Gasteiger partial charge is 0.355 e. The van der Waals surface area contributed by atoms with Gasteiger partial charge in [-0.05, 0) is 43.5 Å². The van der Waals surface area contributed by atoms with Gasteiger partial charge in [0.15, 0.2) is 0 Å². The summed E-state index contributed by atoms with van der Waals surface area (Å²) < 4.78 is 0. The van der Waals surface area contributed by atoms with E-state index < -0.39 is 0 Å². The molecule has 1 aromatic carbocycles. The van der Waals surface area contributed by atoms with Crippen LogP contribution in [0.25, 0.3) is 0 Å². The number of hydrogen-bond donors (Lipinski definition) is 1. The molecule has 4 rings (SSSR count). The molecule has 30 heavy (non-hydrogen) atoms. The first kappa shape index (κ1) is 21.4. The third-order valence-electron chi connectivity index (χ3n) is 5.72. The van der Waals surface area contributed by atoms with Crippen molar-refractivity contribution in [1.82, 2.24) is 15.0 Å². The SMILES string of the molecule is Cc1nc(N2CCC(CN)(c3cccnc3)CC2)cnc1Sc1cccc(Cl)c1Cl. The number of rotatable bonds is 5. The molecule has 0 amide bonds. The Labute approximate surface area is 191 Å². The van der Waals surface area contributed by atoms with Crippen LogP contribution in [-0.4, -0.2) is 34.6 Å². The Morgan fingerprint density at radius 3 is 2.60 bits per heavy atom. The molecule has 2 aromatic heterocycles. The van der Waals surface area contributed by atoms with Gasteiger partial charge in [0.1, 0.15) is 10.8 Å². The number of aryl methyl sites for hydroxylation is 1. The topological polar surface area (TPSA) is 67.9 Å². The van der Waals surface area contributed by atoms with E-state index in [1.165, 1.54) is 17.3 Å². The Morgan fingerprint density at radius 2 is 1.93 bits per heavy atom.